The molecule has 0 saturated carbocycles. The van der Waals surface area contributed by atoms with Gasteiger partial charge in [0.05, 0.1) is 24.0 Å². The first-order valence-corrected chi connectivity index (χ1v) is 7.73. The van der Waals surface area contributed by atoms with Crippen molar-refractivity contribution in [3.8, 4) is 11.8 Å². The molecule has 0 bridgehead atoms. The molecule has 2 aromatic rings. The molecule has 1 aromatic carbocycles. The molecular formula is C18H18FN3O2. The van der Waals surface area contributed by atoms with E-state index in [4.69, 9.17) is 9.47 Å². The standard InChI is InChI=1S/C18H18FN3O2/c1-23-15-8-13(12-24-14-4-3-7-21-10-14)22(11-15)18-6-2-5-17(19)16(18)9-20/h2-7,10,13,15H,8,11-12H2,1H3/t13-,15+/m0/s1. The third-order valence-electron chi connectivity index (χ3n) is 4.20. The zero-order chi connectivity index (χ0) is 16.9. The van der Waals surface area contributed by atoms with Crippen LogP contribution in [0.25, 0.3) is 0 Å². The van der Waals surface area contributed by atoms with Gasteiger partial charge in [-0.15, -0.1) is 0 Å². The van der Waals surface area contributed by atoms with Crippen LogP contribution in [0.1, 0.15) is 12.0 Å². The molecule has 2 atom stereocenters. The summed E-state index contributed by atoms with van der Waals surface area (Å²) in [4.78, 5) is 6.01. The first kappa shape index (κ1) is 16.2. The summed E-state index contributed by atoms with van der Waals surface area (Å²) in [6, 6.07) is 10.3. The number of methoxy groups -OCH3 is 1. The molecule has 0 unspecified atom stereocenters. The molecule has 0 N–H and O–H groups in total. The van der Waals surface area contributed by atoms with Crippen molar-refractivity contribution in [3.05, 3.63) is 54.1 Å². The van der Waals surface area contributed by atoms with E-state index in [1.165, 1.54) is 6.07 Å². The van der Waals surface area contributed by atoms with Crippen LogP contribution < -0.4 is 9.64 Å². The van der Waals surface area contributed by atoms with E-state index in [1.807, 2.05) is 17.0 Å². The van der Waals surface area contributed by atoms with Gasteiger partial charge in [-0.25, -0.2) is 4.39 Å². The van der Waals surface area contributed by atoms with E-state index in [2.05, 4.69) is 4.98 Å². The first-order valence-electron chi connectivity index (χ1n) is 7.73. The molecule has 1 aliphatic rings. The molecular weight excluding hydrogens is 309 g/mol. The number of hydrogen-bond acceptors (Lipinski definition) is 5. The third-order valence-corrected chi connectivity index (χ3v) is 4.20. The quantitative estimate of drug-likeness (QED) is 0.845. The lowest BCUT2D eigenvalue weighted by Crippen LogP contribution is -2.35. The van der Waals surface area contributed by atoms with E-state index in [-0.39, 0.29) is 17.7 Å². The van der Waals surface area contributed by atoms with Crippen molar-refractivity contribution in [2.45, 2.75) is 18.6 Å². The fourth-order valence-corrected chi connectivity index (χ4v) is 2.99. The van der Waals surface area contributed by atoms with Crippen molar-refractivity contribution in [1.29, 1.82) is 5.26 Å². The van der Waals surface area contributed by atoms with E-state index in [0.29, 0.717) is 24.6 Å². The van der Waals surface area contributed by atoms with Gasteiger partial charge in [-0.1, -0.05) is 6.07 Å². The van der Waals surface area contributed by atoms with Crippen LogP contribution in [-0.4, -0.2) is 37.4 Å². The minimum Gasteiger partial charge on any atom is -0.490 e. The van der Waals surface area contributed by atoms with Gasteiger partial charge in [-0.3, -0.25) is 4.98 Å². The van der Waals surface area contributed by atoms with Crippen LogP contribution in [0.15, 0.2) is 42.7 Å². The smallest absolute Gasteiger partial charge is 0.143 e. The lowest BCUT2D eigenvalue weighted by molar-refractivity contribution is 0.115. The molecule has 2 heterocycles. The molecule has 3 rings (SSSR count). The molecule has 24 heavy (non-hydrogen) atoms. The number of aromatic nitrogens is 1. The van der Waals surface area contributed by atoms with E-state index in [9.17, 15) is 9.65 Å². The summed E-state index contributed by atoms with van der Waals surface area (Å²) in [6.45, 7) is 1.00. The zero-order valence-electron chi connectivity index (χ0n) is 13.4. The molecule has 0 aliphatic carbocycles. The predicted octanol–water partition coefficient (Wildman–Crippen LogP) is 2.77. The Labute approximate surface area is 140 Å². The van der Waals surface area contributed by atoms with E-state index < -0.39 is 5.82 Å². The molecule has 0 radical (unpaired) electrons. The molecule has 5 nitrogen and oxygen atoms in total. The van der Waals surface area contributed by atoms with Gasteiger partial charge in [-0.2, -0.15) is 5.26 Å². The van der Waals surface area contributed by atoms with Crippen molar-refractivity contribution in [1.82, 2.24) is 4.98 Å². The second-order valence-corrected chi connectivity index (χ2v) is 5.65. The highest BCUT2D eigenvalue weighted by atomic mass is 19.1. The molecule has 0 spiro atoms. The number of nitriles is 1. The number of pyridine rings is 1. The Hall–Kier alpha value is -2.65. The number of rotatable bonds is 5. The van der Waals surface area contributed by atoms with E-state index >= 15 is 0 Å². The van der Waals surface area contributed by atoms with Gasteiger partial charge in [0.25, 0.3) is 0 Å². The Morgan fingerprint density at radius 2 is 2.25 bits per heavy atom. The summed E-state index contributed by atoms with van der Waals surface area (Å²) in [7, 11) is 1.66. The molecule has 1 saturated heterocycles. The van der Waals surface area contributed by atoms with E-state index in [0.717, 1.165) is 6.42 Å². The second-order valence-electron chi connectivity index (χ2n) is 5.65. The second kappa shape index (κ2) is 7.28. The summed E-state index contributed by atoms with van der Waals surface area (Å²) in [5, 5.41) is 9.29. The average Bonchev–Trinajstić information content (AvgIpc) is 3.04. The van der Waals surface area contributed by atoms with Crippen molar-refractivity contribution in [2.75, 3.05) is 25.2 Å². The lowest BCUT2D eigenvalue weighted by atomic mass is 10.1. The third kappa shape index (κ3) is 3.31. The van der Waals surface area contributed by atoms with Gasteiger partial charge >= 0.3 is 0 Å². The van der Waals surface area contributed by atoms with Crippen LogP contribution in [-0.2, 0) is 4.74 Å². The van der Waals surface area contributed by atoms with Crippen LogP contribution in [0, 0.1) is 17.1 Å². The van der Waals surface area contributed by atoms with Gasteiger partial charge < -0.3 is 14.4 Å². The molecule has 1 aromatic heterocycles. The van der Waals surface area contributed by atoms with Crippen molar-refractivity contribution in [3.63, 3.8) is 0 Å². The fourth-order valence-electron chi connectivity index (χ4n) is 2.99. The van der Waals surface area contributed by atoms with Gasteiger partial charge in [0.1, 0.15) is 29.8 Å². The SMILES string of the molecule is CO[C@@H]1C[C@@H](COc2cccnc2)N(c2cccc(F)c2C#N)C1. The van der Waals surface area contributed by atoms with Crippen molar-refractivity contribution < 1.29 is 13.9 Å². The summed E-state index contributed by atoms with van der Waals surface area (Å²) in [5.41, 5.74) is 0.637. The highest BCUT2D eigenvalue weighted by Crippen LogP contribution is 2.31. The van der Waals surface area contributed by atoms with Gasteiger partial charge in [-0.05, 0) is 30.7 Å². The summed E-state index contributed by atoms with van der Waals surface area (Å²) in [6.07, 6.45) is 4.10. The molecule has 1 aliphatic heterocycles. The number of hydrogen-bond donors (Lipinski definition) is 0. The van der Waals surface area contributed by atoms with Crippen molar-refractivity contribution >= 4 is 5.69 Å². The summed E-state index contributed by atoms with van der Waals surface area (Å²) in [5.74, 6) is 0.167. The van der Waals surface area contributed by atoms with Gasteiger partial charge in [0.2, 0.25) is 0 Å². The Morgan fingerprint density at radius 1 is 1.38 bits per heavy atom. The zero-order valence-corrected chi connectivity index (χ0v) is 13.4. The number of nitrogens with zero attached hydrogens (tertiary/aromatic N) is 3. The van der Waals surface area contributed by atoms with Crippen LogP contribution in [0.4, 0.5) is 10.1 Å². The number of ether oxygens (including phenoxy) is 2. The van der Waals surface area contributed by atoms with Crippen molar-refractivity contribution in [2.24, 2.45) is 0 Å². The normalized spacial score (nSPS) is 20.0. The van der Waals surface area contributed by atoms with Crippen LogP contribution >= 0.6 is 0 Å². The maximum Gasteiger partial charge on any atom is 0.143 e. The number of halogens is 1. The Bertz CT molecular complexity index is 733. The predicted molar refractivity (Wildman–Crippen MR) is 87.4 cm³/mol. The average molecular weight is 327 g/mol. The minimum absolute atomic E-state index is 0.0101. The molecule has 0 amide bonds. The highest BCUT2D eigenvalue weighted by Gasteiger charge is 2.34. The molecule has 1 fully saturated rings. The summed E-state index contributed by atoms with van der Waals surface area (Å²) >= 11 is 0. The van der Waals surface area contributed by atoms with Crippen LogP contribution in [0.2, 0.25) is 0 Å². The van der Waals surface area contributed by atoms with E-state index in [1.54, 1.807) is 37.7 Å². The Kier molecular flexibility index (Phi) is 4.92. The monoisotopic (exact) mass is 327 g/mol. The Morgan fingerprint density at radius 3 is 2.96 bits per heavy atom. The van der Waals surface area contributed by atoms with Crippen LogP contribution in [0.3, 0.4) is 0 Å². The first-order chi connectivity index (χ1) is 11.7. The fraction of sp³-hybridized carbons (Fsp3) is 0.333. The summed E-state index contributed by atoms with van der Waals surface area (Å²) < 4.78 is 25.2. The Balaban J connectivity index is 1.82. The maximum absolute atomic E-state index is 13.9. The highest BCUT2D eigenvalue weighted by molar-refractivity contribution is 5.61. The van der Waals surface area contributed by atoms with Gasteiger partial charge in [0, 0.05) is 19.9 Å². The number of anilines is 1. The lowest BCUT2D eigenvalue weighted by Gasteiger charge is -2.27. The maximum atomic E-state index is 13.9. The molecule has 6 heteroatoms. The topological polar surface area (TPSA) is 58.4 Å². The van der Waals surface area contributed by atoms with Gasteiger partial charge in [0.15, 0.2) is 0 Å². The molecule has 124 valence electrons. The minimum atomic E-state index is -0.511. The van der Waals surface area contributed by atoms with Crippen LogP contribution in [0.5, 0.6) is 5.75 Å². The largest absolute Gasteiger partial charge is 0.490 e. The number of benzene rings is 1.